The van der Waals surface area contributed by atoms with Crippen LogP contribution in [0.2, 0.25) is 5.02 Å². The average molecular weight is 209 g/mol. The maximum atomic E-state index is 10.7. The summed E-state index contributed by atoms with van der Waals surface area (Å²) >= 11 is 6.04. The average Bonchev–Trinajstić information content (AvgIpc) is 2.56. The van der Waals surface area contributed by atoms with Gasteiger partial charge in [-0.05, 0) is 18.6 Å². The van der Waals surface area contributed by atoms with Crippen molar-refractivity contribution >= 4 is 28.9 Å². The largest absolute Gasteiger partial charge is 0.453 e. The van der Waals surface area contributed by atoms with Crippen LogP contribution in [-0.4, -0.2) is 6.29 Å². The molecule has 0 amide bonds. The molecule has 1 aromatic carbocycles. The molecular weight excluding hydrogens is 200 g/mol. The summed E-state index contributed by atoms with van der Waals surface area (Å²) in [5.41, 5.74) is 1.57. The van der Waals surface area contributed by atoms with Gasteiger partial charge in [0.15, 0.2) is 12.0 Å². The molecule has 14 heavy (non-hydrogen) atoms. The van der Waals surface area contributed by atoms with Crippen LogP contribution in [0.4, 0.5) is 0 Å². The van der Waals surface area contributed by atoms with Gasteiger partial charge in [0.05, 0.1) is 5.02 Å². The molecule has 0 aliphatic heterocycles. The van der Waals surface area contributed by atoms with Crippen LogP contribution < -0.4 is 0 Å². The van der Waals surface area contributed by atoms with Gasteiger partial charge in [0.25, 0.3) is 0 Å². The molecule has 0 aliphatic rings. The van der Waals surface area contributed by atoms with E-state index in [1.165, 1.54) is 0 Å². The first kappa shape index (κ1) is 9.28. The minimum absolute atomic E-state index is 0.385. The monoisotopic (exact) mass is 208 g/mol. The maximum absolute atomic E-state index is 10.7. The van der Waals surface area contributed by atoms with Gasteiger partial charge in [0, 0.05) is 10.9 Å². The molecule has 0 spiro atoms. The van der Waals surface area contributed by atoms with Crippen molar-refractivity contribution in [2.45, 2.75) is 13.3 Å². The molecule has 0 N–H and O–H groups in total. The van der Waals surface area contributed by atoms with E-state index in [-0.39, 0.29) is 0 Å². The van der Waals surface area contributed by atoms with Crippen LogP contribution in [0.15, 0.2) is 22.6 Å². The number of hydrogen-bond donors (Lipinski definition) is 0. The highest BCUT2D eigenvalue weighted by atomic mass is 35.5. The lowest BCUT2D eigenvalue weighted by atomic mass is 10.1. The van der Waals surface area contributed by atoms with Crippen molar-refractivity contribution < 1.29 is 9.21 Å². The molecule has 0 radical (unpaired) electrons. The third kappa shape index (κ3) is 1.23. The smallest absolute Gasteiger partial charge is 0.185 e. The Morgan fingerprint density at radius 3 is 2.93 bits per heavy atom. The summed E-state index contributed by atoms with van der Waals surface area (Å²) in [6.07, 6.45) is 1.47. The van der Waals surface area contributed by atoms with E-state index in [2.05, 4.69) is 0 Å². The highest BCUT2D eigenvalue weighted by Crippen LogP contribution is 2.31. The van der Waals surface area contributed by atoms with E-state index < -0.39 is 0 Å². The van der Waals surface area contributed by atoms with E-state index in [1.54, 1.807) is 6.07 Å². The number of aldehydes is 1. The summed E-state index contributed by atoms with van der Waals surface area (Å²) in [5, 5.41) is 1.50. The summed E-state index contributed by atoms with van der Waals surface area (Å²) in [7, 11) is 0. The normalized spacial score (nSPS) is 10.7. The SMILES string of the molecule is CCc1c(C=O)oc2cccc(Cl)c12. The second kappa shape index (κ2) is 3.46. The standard InChI is InChI=1S/C11H9ClO2/c1-2-7-10(6-13)14-9-5-3-4-8(12)11(7)9/h3-6H,2H2,1H3. The number of carbonyl (C=O) groups excluding carboxylic acids is 1. The summed E-state index contributed by atoms with van der Waals surface area (Å²) in [4.78, 5) is 10.7. The van der Waals surface area contributed by atoms with Crippen molar-refractivity contribution in [1.29, 1.82) is 0 Å². The Morgan fingerprint density at radius 2 is 2.29 bits per heavy atom. The van der Waals surface area contributed by atoms with E-state index in [0.29, 0.717) is 16.4 Å². The molecule has 2 aromatic rings. The summed E-state index contributed by atoms with van der Waals surface area (Å²) in [6.45, 7) is 1.97. The Balaban J connectivity index is 2.88. The number of benzene rings is 1. The quantitative estimate of drug-likeness (QED) is 0.708. The molecule has 0 saturated carbocycles. The number of carbonyl (C=O) groups is 1. The first-order chi connectivity index (χ1) is 6.77. The van der Waals surface area contributed by atoms with Crippen LogP contribution in [0.1, 0.15) is 23.0 Å². The van der Waals surface area contributed by atoms with Crippen molar-refractivity contribution in [3.05, 3.63) is 34.5 Å². The minimum Gasteiger partial charge on any atom is -0.453 e. The number of fused-ring (bicyclic) bond motifs is 1. The van der Waals surface area contributed by atoms with Crippen LogP contribution in [0.5, 0.6) is 0 Å². The summed E-state index contributed by atoms with van der Waals surface area (Å²) in [5.74, 6) is 0.385. The third-order valence-electron chi connectivity index (χ3n) is 2.26. The maximum Gasteiger partial charge on any atom is 0.185 e. The van der Waals surface area contributed by atoms with Gasteiger partial charge in [-0.15, -0.1) is 0 Å². The Morgan fingerprint density at radius 1 is 1.50 bits per heavy atom. The highest BCUT2D eigenvalue weighted by molar-refractivity contribution is 6.35. The van der Waals surface area contributed by atoms with Crippen molar-refractivity contribution in [1.82, 2.24) is 0 Å². The molecule has 1 heterocycles. The molecule has 0 atom stereocenters. The second-order valence-corrected chi connectivity index (χ2v) is 3.44. The lowest BCUT2D eigenvalue weighted by Crippen LogP contribution is -1.84. The number of furan rings is 1. The molecular formula is C11H9ClO2. The zero-order valence-corrected chi connectivity index (χ0v) is 8.47. The van der Waals surface area contributed by atoms with E-state index in [0.717, 1.165) is 23.7 Å². The van der Waals surface area contributed by atoms with E-state index in [1.807, 2.05) is 19.1 Å². The Bertz CT molecular complexity index is 485. The van der Waals surface area contributed by atoms with Crippen molar-refractivity contribution in [2.75, 3.05) is 0 Å². The van der Waals surface area contributed by atoms with Crippen LogP contribution in [0.25, 0.3) is 11.0 Å². The van der Waals surface area contributed by atoms with Gasteiger partial charge in [0.2, 0.25) is 0 Å². The summed E-state index contributed by atoms with van der Waals surface area (Å²) < 4.78 is 5.37. The lowest BCUT2D eigenvalue weighted by Gasteiger charge is -1.94. The van der Waals surface area contributed by atoms with Crippen LogP contribution in [-0.2, 0) is 6.42 Å². The van der Waals surface area contributed by atoms with Crippen molar-refractivity contribution in [2.24, 2.45) is 0 Å². The number of rotatable bonds is 2. The fraction of sp³-hybridized carbons (Fsp3) is 0.182. The zero-order chi connectivity index (χ0) is 10.1. The van der Waals surface area contributed by atoms with E-state index >= 15 is 0 Å². The number of halogens is 1. The Hall–Kier alpha value is -1.28. The first-order valence-corrected chi connectivity index (χ1v) is 4.80. The molecule has 2 nitrogen and oxygen atoms in total. The second-order valence-electron chi connectivity index (χ2n) is 3.03. The predicted molar refractivity (Wildman–Crippen MR) is 56.0 cm³/mol. The summed E-state index contributed by atoms with van der Waals surface area (Å²) in [6, 6.07) is 5.42. The highest BCUT2D eigenvalue weighted by Gasteiger charge is 2.13. The van der Waals surface area contributed by atoms with Crippen LogP contribution >= 0.6 is 11.6 Å². The van der Waals surface area contributed by atoms with Gasteiger partial charge in [-0.2, -0.15) is 0 Å². The van der Waals surface area contributed by atoms with Crippen molar-refractivity contribution in [3.8, 4) is 0 Å². The third-order valence-corrected chi connectivity index (χ3v) is 2.57. The predicted octanol–water partition coefficient (Wildman–Crippen LogP) is 3.46. The molecule has 1 aromatic heterocycles. The first-order valence-electron chi connectivity index (χ1n) is 4.43. The van der Waals surface area contributed by atoms with E-state index in [4.69, 9.17) is 16.0 Å². The molecule has 0 bridgehead atoms. The fourth-order valence-electron chi connectivity index (χ4n) is 1.63. The van der Waals surface area contributed by atoms with E-state index in [9.17, 15) is 4.79 Å². The zero-order valence-electron chi connectivity index (χ0n) is 7.71. The lowest BCUT2D eigenvalue weighted by molar-refractivity contribution is 0.110. The van der Waals surface area contributed by atoms with Gasteiger partial charge in [-0.3, -0.25) is 4.79 Å². The molecule has 0 aliphatic carbocycles. The molecule has 2 rings (SSSR count). The number of aryl methyl sites for hydroxylation is 1. The molecule has 0 unspecified atom stereocenters. The Labute approximate surface area is 86.5 Å². The molecule has 72 valence electrons. The molecule has 3 heteroatoms. The van der Waals surface area contributed by atoms with Crippen molar-refractivity contribution in [3.63, 3.8) is 0 Å². The topological polar surface area (TPSA) is 30.2 Å². The van der Waals surface area contributed by atoms with Gasteiger partial charge in [-0.25, -0.2) is 0 Å². The minimum atomic E-state index is 0.385. The van der Waals surface area contributed by atoms with Gasteiger partial charge >= 0.3 is 0 Å². The molecule has 0 saturated heterocycles. The Kier molecular flexibility index (Phi) is 2.30. The number of hydrogen-bond acceptors (Lipinski definition) is 2. The fourth-order valence-corrected chi connectivity index (χ4v) is 1.91. The van der Waals surface area contributed by atoms with Gasteiger partial charge < -0.3 is 4.42 Å². The van der Waals surface area contributed by atoms with Gasteiger partial charge in [0.1, 0.15) is 5.58 Å². The van der Waals surface area contributed by atoms with Crippen LogP contribution in [0.3, 0.4) is 0 Å². The van der Waals surface area contributed by atoms with Crippen LogP contribution in [0, 0.1) is 0 Å². The molecule has 0 fully saturated rings. The van der Waals surface area contributed by atoms with Gasteiger partial charge in [-0.1, -0.05) is 24.6 Å².